The van der Waals surface area contributed by atoms with E-state index in [1.54, 1.807) is 11.0 Å². The fourth-order valence-electron chi connectivity index (χ4n) is 4.65. The van der Waals surface area contributed by atoms with Crippen LogP contribution in [0.1, 0.15) is 17.8 Å². The van der Waals surface area contributed by atoms with Gasteiger partial charge in [0.2, 0.25) is 11.8 Å². The fourth-order valence-corrected chi connectivity index (χ4v) is 4.65. The van der Waals surface area contributed by atoms with Gasteiger partial charge in [0.15, 0.2) is 0 Å². The Hall–Kier alpha value is -3.52. The van der Waals surface area contributed by atoms with Crippen LogP contribution in [-0.4, -0.2) is 64.3 Å². The number of aromatic nitrogens is 2. The first-order chi connectivity index (χ1) is 16.0. The van der Waals surface area contributed by atoms with E-state index >= 15 is 0 Å². The average Bonchev–Trinajstić information content (AvgIpc) is 3.21. The highest BCUT2D eigenvalue weighted by Gasteiger charge is 2.37. The summed E-state index contributed by atoms with van der Waals surface area (Å²) in [6.07, 6.45) is 0.259. The van der Waals surface area contributed by atoms with Gasteiger partial charge in [-0.2, -0.15) is 0 Å². The van der Waals surface area contributed by atoms with Crippen molar-refractivity contribution in [1.29, 1.82) is 0 Å². The number of piperazine rings is 1. The lowest BCUT2D eigenvalue weighted by Crippen LogP contribution is -2.50. The number of hydrogen-bond acceptors (Lipinski definition) is 5. The van der Waals surface area contributed by atoms with Crippen molar-refractivity contribution in [2.75, 3.05) is 37.6 Å². The molecule has 1 aromatic heterocycles. The highest BCUT2D eigenvalue weighted by molar-refractivity contribution is 6.00. The highest BCUT2D eigenvalue weighted by Crippen LogP contribution is 2.27. The lowest BCUT2D eigenvalue weighted by Gasteiger charge is -2.35. The molecule has 2 aliphatic rings. The molecule has 2 aliphatic heterocycles. The van der Waals surface area contributed by atoms with Gasteiger partial charge in [0, 0.05) is 44.8 Å². The second kappa shape index (κ2) is 8.78. The molecule has 2 fully saturated rings. The van der Waals surface area contributed by atoms with Gasteiger partial charge in [-0.1, -0.05) is 29.8 Å². The van der Waals surface area contributed by atoms with Crippen LogP contribution in [-0.2, 0) is 16.1 Å². The number of aryl methyl sites for hydroxylation is 1. The number of fused-ring (bicyclic) bond motifs is 1. The summed E-state index contributed by atoms with van der Waals surface area (Å²) in [6, 6.07) is 15.1. The molecule has 1 unspecified atom stereocenters. The standard InChI is InChI=1S/C25H27N5O3/c1-17-6-8-19(9-7-17)30-15-18(14-23(30)31)25(33)29-12-10-28(11-13-29)16-22-26-21-5-3-2-4-20(21)24(32)27-22/h2-9,18H,10-16H2,1H3,(H,26,27,32). The Kier molecular flexibility index (Phi) is 5.68. The van der Waals surface area contributed by atoms with Crippen LogP contribution in [0.25, 0.3) is 10.9 Å². The van der Waals surface area contributed by atoms with Crippen LogP contribution < -0.4 is 10.5 Å². The van der Waals surface area contributed by atoms with Gasteiger partial charge in [0.25, 0.3) is 5.56 Å². The summed E-state index contributed by atoms with van der Waals surface area (Å²) >= 11 is 0. The van der Waals surface area contributed by atoms with Crippen molar-refractivity contribution in [2.45, 2.75) is 19.9 Å². The summed E-state index contributed by atoms with van der Waals surface area (Å²) < 4.78 is 0. The number of rotatable bonds is 4. The summed E-state index contributed by atoms with van der Waals surface area (Å²) in [5.41, 5.74) is 2.55. The molecule has 0 saturated carbocycles. The monoisotopic (exact) mass is 445 g/mol. The Morgan fingerprint density at radius 1 is 1.03 bits per heavy atom. The van der Waals surface area contributed by atoms with Gasteiger partial charge in [0.1, 0.15) is 5.82 Å². The smallest absolute Gasteiger partial charge is 0.258 e. The highest BCUT2D eigenvalue weighted by atomic mass is 16.2. The molecule has 2 saturated heterocycles. The number of anilines is 1. The molecule has 0 bridgehead atoms. The molecule has 0 spiro atoms. The number of H-pyrrole nitrogens is 1. The second-order valence-corrected chi connectivity index (χ2v) is 8.87. The molecular formula is C25H27N5O3. The molecule has 0 radical (unpaired) electrons. The maximum Gasteiger partial charge on any atom is 0.258 e. The van der Waals surface area contributed by atoms with Crippen molar-refractivity contribution in [3.8, 4) is 0 Å². The molecule has 1 atom stereocenters. The SMILES string of the molecule is Cc1ccc(N2CC(C(=O)N3CCN(Cc4nc5ccccc5c(=O)[nH]4)CC3)CC2=O)cc1. The lowest BCUT2D eigenvalue weighted by molar-refractivity contribution is -0.137. The van der Waals surface area contributed by atoms with E-state index in [9.17, 15) is 14.4 Å². The van der Waals surface area contributed by atoms with E-state index < -0.39 is 0 Å². The van der Waals surface area contributed by atoms with E-state index in [1.165, 1.54) is 0 Å². The van der Waals surface area contributed by atoms with E-state index in [0.29, 0.717) is 56.0 Å². The Bertz CT molecular complexity index is 1240. The molecule has 0 aliphatic carbocycles. The van der Waals surface area contributed by atoms with Crippen molar-refractivity contribution in [2.24, 2.45) is 5.92 Å². The largest absolute Gasteiger partial charge is 0.340 e. The Labute approximate surface area is 191 Å². The number of benzene rings is 2. The minimum absolute atomic E-state index is 0.00201. The molecule has 2 aromatic carbocycles. The predicted octanol–water partition coefficient (Wildman–Crippen LogP) is 1.93. The van der Waals surface area contributed by atoms with Crippen molar-refractivity contribution in [3.05, 3.63) is 70.3 Å². The maximum absolute atomic E-state index is 13.1. The van der Waals surface area contributed by atoms with Gasteiger partial charge in [0.05, 0.1) is 23.4 Å². The summed E-state index contributed by atoms with van der Waals surface area (Å²) in [5, 5.41) is 0.586. The van der Waals surface area contributed by atoms with Gasteiger partial charge >= 0.3 is 0 Å². The van der Waals surface area contributed by atoms with Crippen LogP contribution in [0.5, 0.6) is 0 Å². The molecular weight excluding hydrogens is 418 g/mol. The van der Waals surface area contributed by atoms with Gasteiger partial charge < -0.3 is 14.8 Å². The van der Waals surface area contributed by atoms with Crippen LogP contribution in [0.3, 0.4) is 0 Å². The summed E-state index contributed by atoms with van der Waals surface area (Å²) in [6.45, 7) is 5.58. The Morgan fingerprint density at radius 3 is 2.52 bits per heavy atom. The van der Waals surface area contributed by atoms with Crippen LogP contribution in [0.15, 0.2) is 53.3 Å². The number of para-hydroxylation sites is 1. The molecule has 5 rings (SSSR count). The molecule has 8 heteroatoms. The lowest BCUT2D eigenvalue weighted by atomic mass is 10.1. The van der Waals surface area contributed by atoms with Crippen molar-refractivity contribution < 1.29 is 9.59 Å². The fraction of sp³-hybridized carbons (Fsp3) is 0.360. The third-order valence-corrected chi connectivity index (χ3v) is 6.54. The van der Waals surface area contributed by atoms with E-state index in [4.69, 9.17) is 0 Å². The van der Waals surface area contributed by atoms with Gasteiger partial charge in [-0.15, -0.1) is 0 Å². The molecule has 2 amide bonds. The zero-order valence-electron chi connectivity index (χ0n) is 18.7. The number of hydrogen-bond donors (Lipinski definition) is 1. The van der Waals surface area contributed by atoms with E-state index in [2.05, 4.69) is 14.9 Å². The second-order valence-electron chi connectivity index (χ2n) is 8.87. The predicted molar refractivity (Wildman–Crippen MR) is 126 cm³/mol. The molecule has 3 heterocycles. The van der Waals surface area contributed by atoms with Gasteiger partial charge in [-0.3, -0.25) is 19.3 Å². The first kappa shape index (κ1) is 21.3. The molecule has 170 valence electrons. The van der Waals surface area contributed by atoms with E-state index in [1.807, 2.05) is 54.3 Å². The number of nitrogens with one attached hydrogen (secondary N) is 1. The van der Waals surface area contributed by atoms with Crippen LogP contribution in [0, 0.1) is 12.8 Å². The number of carbonyl (C=O) groups excluding carboxylic acids is 2. The quantitative estimate of drug-likeness (QED) is 0.663. The number of carbonyl (C=O) groups is 2. The topological polar surface area (TPSA) is 89.6 Å². The minimum atomic E-state index is -0.302. The molecule has 33 heavy (non-hydrogen) atoms. The van der Waals surface area contributed by atoms with Crippen LogP contribution in [0.4, 0.5) is 5.69 Å². The molecule has 3 aromatic rings. The van der Waals surface area contributed by atoms with E-state index in [-0.39, 0.29) is 29.7 Å². The van der Waals surface area contributed by atoms with Crippen molar-refractivity contribution in [1.82, 2.24) is 19.8 Å². The Morgan fingerprint density at radius 2 is 1.76 bits per heavy atom. The number of amides is 2. The first-order valence-corrected chi connectivity index (χ1v) is 11.3. The summed E-state index contributed by atoms with van der Waals surface area (Å²) in [4.78, 5) is 51.2. The third-order valence-electron chi connectivity index (χ3n) is 6.54. The third kappa shape index (κ3) is 4.39. The molecule has 1 N–H and O–H groups in total. The minimum Gasteiger partial charge on any atom is -0.340 e. The number of nitrogens with zero attached hydrogens (tertiary/aromatic N) is 4. The zero-order valence-corrected chi connectivity index (χ0v) is 18.7. The van der Waals surface area contributed by atoms with Gasteiger partial charge in [-0.05, 0) is 31.2 Å². The summed E-state index contributed by atoms with van der Waals surface area (Å²) in [5.74, 6) is 0.384. The number of aromatic amines is 1. The van der Waals surface area contributed by atoms with E-state index in [0.717, 1.165) is 11.3 Å². The maximum atomic E-state index is 13.1. The van der Waals surface area contributed by atoms with Crippen molar-refractivity contribution in [3.63, 3.8) is 0 Å². The van der Waals surface area contributed by atoms with Crippen molar-refractivity contribution >= 4 is 28.4 Å². The first-order valence-electron chi connectivity index (χ1n) is 11.3. The average molecular weight is 446 g/mol. The summed E-state index contributed by atoms with van der Waals surface area (Å²) in [7, 11) is 0. The normalized spacial score (nSPS) is 19.4. The van der Waals surface area contributed by atoms with Crippen LogP contribution in [0.2, 0.25) is 0 Å². The Balaban J connectivity index is 1.18. The van der Waals surface area contributed by atoms with Crippen LogP contribution >= 0.6 is 0 Å². The van der Waals surface area contributed by atoms with Gasteiger partial charge in [-0.25, -0.2) is 4.98 Å². The molecule has 8 nitrogen and oxygen atoms in total. The zero-order chi connectivity index (χ0) is 22.9.